The van der Waals surface area contributed by atoms with Gasteiger partial charge in [-0.05, 0) is 43.2 Å². The SMILES string of the molecule is Cc1ccc(C)c(C=C(C(=O)C(=O)O)c2ccc3ccccc3n2)c1. The number of carboxylic acids is 1. The zero-order valence-corrected chi connectivity index (χ0v) is 14.0. The van der Waals surface area contributed by atoms with E-state index in [2.05, 4.69) is 4.98 Å². The number of hydrogen-bond acceptors (Lipinski definition) is 3. The van der Waals surface area contributed by atoms with E-state index in [1.165, 1.54) is 0 Å². The molecule has 0 atom stereocenters. The van der Waals surface area contributed by atoms with E-state index in [1.807, 2.05) is 62.4 Å². The average molecular weight is 331 g/mol. The maximum absolute atomic E-state index is 12.3. The maximum atomic E-state index is 12.3. The lowest BCUT2D eigenvalue weighted by Crippen LogP contribution is -2.15. The summed E-state index contributed by atoms with van der Waals surface area (Å²) in [7, 11) is 0. The van der Waals surface area contributed by atoms with Crippen molar-refractivity contribution in [2.24, 2.45) is 0 Å². The van der Waals surface area contributed by atoms with E-state index in [9.17, 15) is 14.7 Å². The number of carbonyl (C=O) groups is 2. The second kappa shape index (κ2) is 6.69. The van der Waals surface area contributed by atoms with Crippen molar-refractivity contribution >= 4 is 34.3 Å². The van der Waals surface area contributed by atoms with Crippen LogP contribution in [-0.2, 0) is 9.59 Å². The molecule has 3 rings (SSSR count). The largest absolute Gasteiger partial charge is 0.475 e. The standard InChI is InChI=1S/C21H17NO3/c1-13-7-8-14(2)16(11-13)12-17(20(23)21(24)25)19-10-9-15-5-3-4-6-18(15)22-19/h3-12H,1-2H3,(H,24,25). The normalized spacial score (nSPS) is 11.5. The molecule has 0 saturated carbocycles. The molecular formula is C21H17NO3. The summed E-state index contributed by atoms with van der Waals surface area (Å²) in [5.41, 5.74) is 3.94. The zero-order chi connectivity index (χ0) is 18.0. The lowest BCUT2D eigenvalue weighted by molar-refractivity contribution is -0.146. The van der Waals surface area contributed by atoms with Gasteiger partial charge in [-0.3, -0.25) is 4.79 Å². The average Bonchev–Trinajstić information content (AvgIpc) is 2.61. The molecule has 0 fully saturated rings. The Bertz CT molecular complexity index is 1020. The van der Waals surface area contributed by atoms with Crippen LogP contribution in [0.5, 0.6) is 0 Å². The highest BCUT2D eigenvalue weighted by Gasteiger charge is 2.21. The highest BCUT2D eigenvalue weighted by molar-refractivity contribution is 6.52. The second-order valence-electron chi connectivity index (χ2n) is 5.94. The third-order valence-corrected chi connectivity index (χ3v) is 4.05. The molecule has 0 spiro atoms. The number of carboxylic acid groups (broad SMARTS) is 1. The highest BCUT2D eigenvalue weighted by Crippen LogP contribution is 2.23. The summed E-state index contributed by atoms with van der Waals surface area (Å²) < 4.78 is 0. The van der Waals surface area contributed by atoms with Gasteiger partial charge in [-0.15, -0.1) is 0 Å². The van der Waals surface area contributed by atoms with Gasteiger partial charge in [0.2, 0.25) is 0 Å². The molecule has 0 unspecified atom stereocenters. The quantitative estimate of drug-likeness (QED) is 0.578. The van der Waals surface area contributed by atoms with Crippen LogP contribution >= 0.6 is 0 Å². The van der Waals surface area contributed by atoms with E-state index in [-0.39, 0.29) is 5.57 Å². The Morgan fingerprint density at radius 3 is 2.52 bits per heavy atom. The van der Waals surface area contributed by atoms with Crippen molar-refractivity contribution in [1.29, 1.82) is 0 Å². The number of ketones is 1. The first-order valence-electron chi connectivity index (χ1n) is 7.88. The molecule has 1 heterocycles. The predicted molar refractivity (Wildman–Crippen MR) is 98.2 cm³/mol. The van der Waals surface area contributed by atoms with Crippen LogP contribution in [0.4, 0.5) is 0 Å². The number of Topliss-reactive ketones (excluding diaryl/α,β-unsaturated/α-hetero) is 1. The Kier molecular flexibility index (Phi) is 4.44. The summed E-state index contributed by atoms with van der Waals surface area (Å²) in [6.07, 6.45) is 1.61. The van der Waals surface area contributed by atoms with Crippen LogP contribution < -0.4 is 0 Å². The number of aryl methyl sites for hydroxylation is 2. The first-order valence-corrected chi connectivity index (χ1v) is 7.88. The smallest absolute Gasteiger partial charge is 0.377 e. The Labute approximate surface area is 145 Å². The van der Waals surface area contributed by atoms with Gasteiger partial charge < -0.3 is 5.11 Å². The number of nitrogens with zero attached hydrogens (tertiary/aromatic N) is 1. The molecule has 0 saturated heterocycles. The van der Waals surface area contributed by atoms with Crippen LogP contribution in [0.3, 0.4) is 0 Å². The number of carbonyl (C=O) groups excluding carboxylic acids is 1. The summed E-state index contributed by atoms with van der Waals surface area (Å²) in [6.45, 7) is 3.87. The van der Waals surface area contributed by atoms with Gasteiger partial charge in [0, 0.05) is 5.39 Å². The summed E-state index contributed by atoms with van der Waals surface area (Å²) >= 11 is 0. The maximum Gasteiger partial charge on any atom is 0.377 e. The van der Waals surface area contributed by atoms with Crippen molar-refractivity contribution in [1.82, 2.24) is 4.98 Å². The summed E-state index contributed by atoms with van der Waals surface area (Å²) in [4.78, 5) is 28.0. The van der Waals surface area contributed by atoms with Gasteiger partial charge in [0.1, 0.15) is 0 Å². The number of aromatic nitrogens is 1. The van der Waals surface area contributed by atoms with E-state index in [4.69, 9.17) is 0 Å². The van der Waals surface area contributed by atoms with E-state index >= 15 is 0 Å². The number of benzene rings is 2. The van der Waals surface area contributed by atoms with Gasteiger partial charge in [0.05, 0.1) is 16.8 Å². The monoisotopic (exact) mass is 331 g/mol. The highest BCUT2D eigenvalue weighted by atomic mass is 16.4. The third kappa shape index (κ3) is 3.48. The fourth-order valence-corrected chi connectivity index (χ4v) is 2.66. The van der Waals surface area contributed by atoms with Crippen LogP contribution in [0.25, 0.3) is 22.6 Å². The molecule has 0 aliphatic heterocycles. The number of rotatable bonds is 4. The summed E-state index contributed by atoms with van der Waals surface area (Å²) in [6, 6.07) is 16.9. The fraction of sp³-hybridized carbons (Fsp3) is 0.0952. The van der Waals surface area contributed by atoms with Crippen molar-refractivity contribution in [2.45, 2.75) is 13.8 Å². The second-order valence-corrected chi connectivity index (χ2v) is 5.94. The van der Waals surface area contributed by atoms with Crippen LogP contribution in [0.15, 0.2) is 54.6 Å². The molecule has 0 aliphatic carbocycles. The van der Waals surface area contributed by atoms with Gasteiger partial charge in [-0.2, -0.15) is 0 Å². The van der Waals surface area contributed by atoms with E-state index < -0.39 is 11.8 Å². The lowest BCUT2D eigenvalue weighted by Gasteiger charge is -2.08. The first kappa shape index (κ1) is 16.6. The molecule has 25 heavy (non-hydrogen) atoms. The first-order chi connectivity index (χ1) is 12.0. The van der Waals surface area contributed by atoms with Crippen LogP contribution in [0.2, 0.25) is 0 Å². The molecule has 4 nitrogen and oxygen atoms in total. The zero-order valence-electron chi connectivity index (χ0n) is 14.0. The molecular weight excluding hydrogens is 314 g/mol. The molecule has 4 heteroatoms. The van der Waals surface area contributed by atoms with Crippen molar-refractivity contribution in [2.75, 3.05) is 0 Å². The van der Waals surface area contributed by atoms with Gasteiger partial charge in [-0.1, -0.05) is 48.0 Å². The molecule has 0 radical (unpaired) electrons. The predicted octanol–water partition coefficient (Wildman–Crippen LogP) is 4.05. The summed E-state index contributed by atoms with van der Waals surface area (Å²) in [5, 5.41) is 10.1. The Hall–Kier alpha value is -3.27. The number of fused-ring (bicyclic) bond motifs is 1. The van der Waals surface area contributed by atoms with Crippen LogP contribution in [0, 0.1) is 13.8 Å². The fourth-order valence-electron chi connectivity index (χ4n) is 2.66. The molecule has 0 bridgehead atoms. The van der Waals surface area contributed by atoms with Crippen molar-refractivity contribution in [3.63, 3.8) is 0 Å². The van der Waals surface area contributed by atoms with Crippen molar-refractivity contribution in [3.05, 3.63) is 77.0 Å². The summed E-state index contributed by atoms with van der Waals surface area (Å²) in [5.74, 6) is -2.46. The minimum absolute atomic E-state index is 0.0759. The molecule has 0 amide bonds. The molecule has 124 valence electrons. The van der Waals surface area contributed by atoms with E-state index in [1.54, 1.807) is 12.1 Å². The Morgan fingerprint density at radius 1 is 1.00 bits per heavy atom. The van der Waals surface area contributed by atoms with Crippen LogP contribution in [0.1, 0.15) is 22.4 Å². The molecule has 3 aromatic rings. The van der Waals surface area contributed by atoms with Gasteiger partial charge in [-0.25, -0.2) is 9.78 Å². The van der Waals surface area contributed by atoms with Gasteiger partial charge in [0.15, 0.2) is 0 Å². The molecule has 2 aromatic carbocycles. The Balaban J connectivity index is 2.20. The minimum Gasteiger partial charge on any atom is -0.475 e. The minimum atomic E-state index is -1.49. The van der Waals surface area contributed by atoms with Crippen molar-refractivity contribution < 1.29 is 14.7 Å². The number of pyridine rings is 1. The molecule has 1 aromatic heterocycles. The third-order valence-electron chi connectivity index (χ3n) is 4.05. The number of hydrogen-bond donors (Lipinski definition) is 1. The van der Waals surface area contributed by atoms with Crippen molar-refractivity contribution in [3.8, 4) is 0 Å². The van der Waals surface area contributed by atoms with Gasteiger partial charge >= 0.3 is 5.97 Å². The molecule has 1 N–H and O–H groups in total. The lowest BCUT2D eigenvalue weighted by atomic mass is 9.98. The van der Waals surface area contributed by atoms with E-state index in [0.29, 0.717) is 11.2 Å². The number of para-hydroxylation sites is 1. The van der Waals surface area contributed by atoms with Gasteiger partial charge in [0.25, 0.3) is 5.78 Å². The van der Waals surface area contributed by atoms with E-state index in [0.717, 1.165) is 22.1 Å². The molecule has 0 aliphatic rings. The van der Waals surface area contributed by atoms with Crippen LogP contribution in [-0.4, -0.2) is 21.8 Å². The Morgan fingerprint density at radius 2 is 1.76 bits per heavy atom. The topological polar surface area (TPSA) is 67.3 Å². The number of aliphatic carboxylic acids is 1.